The largest absolute Gasteiger partial charge is 0.402 e. The third-order valence-corrected chi connectivity index (χ3v) is 5.73. The van der Waals surface area contributed by atoms with Crippen LogP contribution in [0.3, 0.4) is 0 Å². The summed E-state index contributed by atoms with van der Waals surface area (Å²) in [5.41, 5.74) is 0. The Labute approximate surface area is 138 Å². The van der Waals surface area contributed by atoms with Crippen molar-refractivity contribution in [2.24, 2.45) is 5.92 Å². The van der Waals surface area contributed by atoms with Gasteiger partial charge in [0.15, 0.2) is 0 Å². The molecule has 0 unspecified atom stereocenters. The molecule has 0 radical (unpaired) electrons. The molecule has 1 aromatic rings. The van der Waals surface area contributed by atoms with E-state index in [0.29, 0.717) is 8.78 Å². The summed E-state index contributed by atoms with van der Waals surface area (Å²) in [6, 6.07) is 4.35. The zero-order chi connectivity index (χ0) is 16.4. The van der Waals surface area contributed by atoms with Crippen molar-refractivity contribution in [1.29, 1.82) is 0 Å². The number of alkyl halides is 3. The van der Waals surface area contributed by atoms with Crippen LogP contribution in [0.25, 0.3) is 0 Å². The van der Waals surface area contributed by atoms with E-state index in [0.717, 1.165) is 0 Å². The minimum atomic E-state index is -4.60. The van der Waals surface area contributed by atoms with E-state index in [1.54, 1.807) is 19.9 Å². The minimum Gasteiger partial charge on any atom is -0.207 e. The maximum absolute atomic E-state index is 12.7. The molecule has 0 fully saturated rings. The Hall–Kier alpha value is -0.120. The van der Waals surface area contributed by atoms with Crippen molar-refractivity contribution >= 4 is 41.9 Å². The van der Waals surface area contributed by atoms with E-state index in [4.69, 9.17) is 0 Å². The first-order chi connectivity index (χ1) is 9.43. The van der Waals surface area contributed by atoms with Crippen LogP contribution in [0.2, 0.25) is 0 Å². The fraction of sp³-hybridized carbons (Fsp3) is 0.500. The highest BCUT2D eigenvalue weighted by atomic mass is 79.9. The molecule has 1 aromatic carbocycles. The molecule has 9 heteroatoms. The van der Waals surface area contributed by atoms with Crippen LogP contribution in [0.1, 0.15) is 13.8 Å². The van der Waals surface area contributed by atoms with Gasteiger partial charge < -0.3 is 0 Å². The predicted octanol–water partition coefficient (Wildman–Crippen LogP) is 4.42. The van der Waals surface area contributed by atoms with Crippen LogP contribution in [-0.4, -0.2) is 32.0 Å². The molecule has 0 aliphatic rings. The maximum Gasteiger partial charge on any atom is 0.402 e. The molecule has 0 bridgehead atoms. The zero-order valence-corrected chi connectivity index (χ0v) is 15.3. The topological polar surface area (TPSA) is 37.4 Å². The van der Waals surface area contributed by atoms with Gasteiger partial charge in [0.05, 0.1) is 4.90 Å². The third kappa shape index (κ3) is 5.54. The van der Waals surface area contributed by atoms with Gasteiger partial charge in [-0.15, -0.1) is 0 Å². The summed E-state index contributed by atoms with van der Waals surface area (Å²) < 4.78 is 64.1. The number of nitrogens with zero attached hydrogens (tertiary/aromatic N) is 1. The van der Waals surface area contributed by atoms with Crippen molar-refractivity contribution < 1.29 is 21.6 Å². The van der Waals surface area contributed by atoms with Gasteiger partial charge in [-0.25, -0.2) is 8.42 Å². The summed E-state index contributed by atoms with van der Waals surface area (Å²) in [5.74, 6) is -0.229. The van der Waals surface area contributed by atoms with Crippen molar-refractivity contribution in [3.05, 3.63) is 27.1 Å². The summed E-state index contributed by atoms with van der Waals surface area (Å²) in [7, 11) is -4.25. The number of halogens is 5. The normalized spacial score (nSPS) is 13.2. The molecule has 21 heavy (non-hydrogen) atoms. The van der Waals surface area contributed by atoms with Gasteiger partial charge in [0.2, 0.25) is 10.0 Å². The van der Waals surface area contributed by atoms with Crippen LogP contribution in [0.15, 0.2) is 32.0 Å². The zero-order valence-electron chi connectivity index (χ0n) is 11.3. The number of hydrogen-bond donors (Lipinski definition) is 0. The van der Waals surface area contributed by atoms with Crippen LogP contribution in [0, 0.1) is 5.92 Å². The monoisotopic (exact) mass is 451 g/mol. The second-order valence-corrected chi connectivity index (χ2v) is 8.56. The molecule has 0 amide bonds. The second kappa shape index (κ2) is 6.97. The molecule has 120 valence electrons. The maximum atomic E-state index is 12.7. The first-order valence-electron chi connectivity index (χ1n) is 5.95. The van der Waals surface area contributed by atoms with Crippen LogP contribution < -0.4 is 0 Å². The predicted molar refractivity (Wildman–Crippen MR) is 81.5 cm³/mol. The van der Waals surface area contributed by atoms with E-state index >= 15 is 0 Å². The quantitative estimate of drug-likeness (QED) is 0.663. The summed E-state index contributed by atoms with van der Waals surface area (Å²) in [6.07, 6.45) is -4.60. The highest BCUT2D eigenvalue weighted by molar-refractivity contribution is 9.11. The van der Waals surface area contributed by atoms with Crippen LogP contribution in [0.4, 0.5) is 13.2 Å². The molecule has 3 nitrogen and oxygen atoms in total. The second-order valence-electron chi connectivity index (χ2n) is 4.88. The molecule has 0 heterocycles. The molecule has 0 aliphatic heterocycles. The molecule has 0 aliphatic carbocycles. The van der Waals surface area contributed by atoms with Crippen LogP contribution in [-0.2, 0) is 10.0 Å². The molecule has 1 rings (SSSR count). The van der Waals surface area contributed by atoms with E-state index in [9.17, 15) is 21.6 Å². The first kappa shape index (κ1) is 18.9. The van der Waals surface area contributed by atoms with Gasteiger partial charge in [-0.05, 0) is 40.0 Å². The lowest BCUT2D eigenvalue weighted by atomic mass is 10.2. The lowest BCUT2D eigenvalue weighted by Crippen LogP contribution is -2.41. The molecule has 0 N–H and O–H groups in total. The van der Waals surface area contributed by atoms with E-state index in [-0.39, 0.29) is 21.8 Å². The average Bonchev–Trinajstić information content (AvgIpc) is 2.29. The van der Waals surface area contributed by atoms with Crippen LogP contribution >= 0.6 is 31.9 Å². The smallest absolute Gasteiger partial charge is 0.207 e. The van der Waals surface area contributed by atoms with Crippen molar-refractivity contribution in [2.75, 3.05) is 13.1 Å². The Bertz CT molecular complexity index is 603. The number of hydrogen-bond acceptors (Lipinski definition) is 2. The van der Waals surface area contributed by atoms with Gasteiger partial charge in [0.1, 0.15) is 6.54 Å². The molecule has 0 aromatic heterocycles. The Morgan fingerprint density at radius 1 is 1.24 bits per heavy atom. The number of sulfonamides is 1. The van der Waals surface area contributed by atoms with E-state index < -0.39 is 22.7 Å². The molecular weight excluding hydrogens is 439 g/mol. The van der Waals surface area contributed by atoms with Gasteiger partial charge in [-0.1, -0.05) is 29.8 Å². The summed E-state index contributed by atoms with van der Waals surface area (Å²) in [4.78, 5) is -0.193. The van der Waals surface area contributed by atoms with E-state index in [1.165, 1.54) is 12.1 Å². The van der Waals surface area contributed by atoms with Gasteiger partial charge in [-0.3, -0.25) is 0 Å². The molecular formula is C12H14Br2F3NO2S. The Balaban J connectivity index is 3.29. The Morgan fingerprint density at radius 3 is 2.29 bits per heavy atom. The highest BCUT2D eigenvalue weighted by Crippen LogP contribution is 2.30. The fourth-order valence-electron chi connectivity index (χ4n) is 1.67. The van der Waals surface area contributed by atoms with Gasteiger partial charge in [0, 0.05) is 15.5 Å². The average molecular weight is 453 g/mol. The first-order valence-corrected chi connectivity index (χ1v) is 8.98. The van der Waals surface area contributed by atoms with E-state index in [1.807, 2.05) is 0 Å². The molecule has 0 spiro atoms. The van der Waals surface area contributed by atoms with Crippen molar-refractivity contribution in [3.8, 4) is 0 Å². The van der Waals surface area contributed by atoms with Gasteiger partial charge in [0.25, 0.3) is 0 Å². The molecule has 0 saturated heterocycles. The van der Waals surface area contributed by atoms with Gasteiger partial charge in [-0.2, -0.15) is 17.5 Å². The highest BCUT2D eigenvalue weighted by Gasteiger charge is 2.38. The summed E-state index contributed by atoms with van der Waals surface area (Å²) in [5, 5.41) is 0. The molecule has 0 saturated carbocycles. The summed E-state index contributed by atoms with van der Waals surface area (Å²) in [6.45, 7) is 1.61. The number of rotatable bonds is 5. The van der Waals surface area contributed by atoms with Crippen molar-refractivity contribution in [3.63, 3.8) is 0 Å². The van der Waals surface area contributed by atoms with Gasteiger partial charge >= 0.3 is 6.18 Å². The van der Waals surface area contributed by atoms with Crippen molar-refractivity contribution in [2.45, 2.75) is 24.9 Å². The lowest BCUT2D eigenvalue weighted by molar-refractivity contribution is -0.136. The fourth-order valence-corrected chi connectivity index (χ4v) is 4.72. The lowest BCUT2D eigenvalue weighted by Gasteiger charge is -2.25. The number of benzene rings is 1. The van der Waals surface area contributed by atoms with Crippen molar-refractivity contribution in [1.82, 2.24) is 4.31 Å². The van der Waals surface area contributed by atoms with Crippen LogP contribution in [0.5, 0.6) is 0 Å². The SMILES string of the molecule is CC(C)CN(CC(F)(F)F)S(=O)(=O)c1cc(Br)ccc1Br. The standard InChI is InChI=1S/C12H14Br2F3NO2S/c1-8(2)6-18(7-12(15,16)17)21(19,20)11-5-9(13)3-4-10(11)14/h3-5,8H,6-7H2,1-2H3. The Morgan fingerprint density at radius 2 is 1.81 bits per heavy atom. The minimum absolute atomic E-state index is 0.193. The van der Waals surface area contributed by atoms with E-state index in [2.05, 4.69) is 31.9 Å². The third-order valence-electron chi connectivity index (χ3n) is 2.44. The Kier molecular flexibility index (Phi) is 6.28. The molecule has 0 atom stereocenters. The summed E-state index contributed by atoms with van der Waals surface area (Å²) >= 11 is 6.20.